The van der Waals surface area contributed by atoms with Crippen molar-refractivity contribution < 1.29 is 4.79 Å². The van der Waals surface area contributed by atoms with E-state index in [4.69, 9.17) is 11.6 Å². The van der Waals surface area contributed by atoms with Crippen LogP contribution in [0.1, 0.15) is 34.3 Å². The SMILES string of the molecule is Cc1ccc(C(=O)NCC(Cl)C2CC2)c(C)c1. The summed E-state index contributed by atoms with van der Waals surface area (Å²) < 4.78 is 0. The third-order valence-electron chi connectivity index (χ3n) is 3.22. The van der Waals surface area contributed by atoms with Crippen LogP contribution in [0.2, 0.25) is 0 Å². The number of rotatable bonds is 4. The molecule has 1 atom stereocenters. The molecule has 1 fully saturated rings. The van der Waals surface area contributed by atoms with E-state index >= 15 is 0 Å². The van der Waals surface area contributed by atoms with Crippen LogP contribution in [0.15, 0.2) is 18.2 Å². The summed E-state index contributed by atoms with van der Waals surface area (Å²) in [4.78, 5) is 12.0. The Morgan fingerprint density at radius 2 is 2.18 bits per heavy atom. The maximum absolute atomic E-state index is 12.0. The van der Waals surface area contributed by atoms with E-state index in [2.05, 4.69) is 5.32 Å². The van der Waals surface area contributed by atoms with E-state index in [0.717, 1.165) is 11.1 Å². The molecule has 2 nitrogen and oxygen atoms in total. The van der Waals surface area contributed by atoms with Crippen LogP contribution in [-0.2, 0) is 0 Å². The highest BCUT2D eigenvalue weighted by atomic mass is 35.5. The number of carbonyl (C=O) groups excluding carboxylic acids is 1. The van der Waals surface area contributed by atoms with Gasteiger partial charge in [0.05, 0.1) is 5.38 Å². The Balaban J connectivity index is 1.94. The van der Waals surface area contributed by atoms with Crippen LogP contribution in [0.5, 0.6) is 0 Å². The van der Waals surface area contributed by atoms with Crippen molar-refractivity contribution in [3.63, 3.8) is 0 Å². The van der Waals surface area contributed by atoms with Gasteiger partial charge in [0.1, 0.15) is 0 Å². The van der Waals surface area contributed by atoms with E-state index in [9.17, 15) is 4.79 Å². The molecule has 1 aliphatic rings. The minimum absolute atomic E-state index is 0.0196. The molecule has 0 radical (unpaired) electrons. The van der Waals surface area contributed by atoms with Gasteiger partial charge in [-0.25, -0.2) is 0 Å². The van der Waals surface area contributed by atoms with Gasteiger partial charge < -0.3 is 5.32 Å². The van der Waals surface area contributed by atoms with Crippen LogP contribution in [0.25, 0.3) is 0 Å². The molecule has 0 spiro atoms. The molecule has 1 aromatic rings. The molecule has 0 aliphatic heterocycles. The highest BCUT2D eigenvalue weighted by molar-refractivity contribution is 6.21. The summed E-state index contributed by atoms with van der Waals surface area (Å²) in [6.07, 6.45) is 2.40. The largest absolute Gasteiger partial charge is 0.351 e. The molecule has 0 bridgehead atoms. The summed E-state index contributed by atoms with van der Waals surface area (Å²) in [6.45, 7) is 4.55. The Morgan fingerprint density at radius 1 is 1.47 bits per heavy atom. The summed E-state index contributed by atoms with van der Waals surface area (Å²) in [5, 5.41) is 3.00. The average molecular weight is 252 g/mol. The van der Waals surface area contributed by atoms with Gasteiger partial charge in [0.15, 0.2) is 0 Å². The maximum Gasteiger partial charge on any atom is 0.251 e. The standard InChI is InChI=1S/C14H18ClNO/c1-9-3-6-12(10(2)7-9)14(17)16-8-13(15)11-4-5-11/h3,6-7,11,13H,4-5,8H2,1-2H3,(H,16,17). The van der Waals surface area contributed by atoms with Crippen LogP contribution in [0.4, 0.5) is 0 Å². The highest BCUT2D eigenvalue weighted by Gasteiger charge is 2.29. The number of halogens is 1. The van der Waals surface area contributed by atoms with Gasteiger partial charge in [0, 0.05) is 12.1 Å². The van der Waals surface area contributed by atoms with E-state index in [0.29, 0.717) is 12.5 Å². The van der Waals surface area contributed by atoms with Crippen molar-refractivity contribution in [1.29, 1.82) is 0 Å². The van der Waals surface area contributed by atoms with Crippen LogP contribution in [-0.4, -0.2) is 17.8 Å². The first-order chi connectivity index (χ1) is 8.08. The topological polar surface area (TPSA) is 29.1 Å². The number of carbonyl (C=O) groups is 1. The summed E-state index contributed by atoms with van der Waals surface area (Å²) >= 11 is 6.16. The van der Waals surface area contributed by atoms with E-state index in [-0.39, 0.29) is 11.3 Å². The molecule has 17 heavy (non-hydrogen) atoms. The fourth-order valence-electron chi connectivity index (χ4n) is 1.98. The molecular weight excluding hydrogens is 234 g/mol. The smallest absolute Gasteiger partial charge is 0.251 e. The molecule has 1 saturated carbocycles. The second kappa shape index (κ2) is 5.09. The van der Waals surface area contributed by atoms with Gasteiger partial charge in [-0.3, -0.25) is 4.79 Å². The Labute approximate surface area is 107 Å². The predicted octanol–water partition coefficient (Wildman–Crippen LogP) is 3.05. The molecule has 2 rings (SSSR count). The number of nitrogens with one attached hydrogen (secondary N) is 1. The zero-order chi connectivity index (χ0) is 12.4. The lowest BCUT2D eigenvalue weighted by Gasteiger charge is -2.11. The van der Waals surface area contributed by atoms with Crippen molar-refractivity contribution in [3.05, 3.63) is 34.9 Å². The van der Waals surface area contributed by atoms with Gasteiger partial charge in [-0.05, 0) is 44.2 Å². The molecule has 1 N–H and O–H groups in total. The first kappa shape index (κ1) is 12.4. The fraction of sp³-hybridized carbons (Fsp3) is 0.500. The number of hydrogen-bond donors (Lipinski definition) is 1. The molecule has 3 heteroatoms. The molecule has 1 aromatic carbocycles. The number of hydrogen-bond acceptors (Lipinski definition) is 1. The molecule has 1 aliphatic carbocycles. The molecule has 0 aromatic heterocycles. The Morgan fingerprint density at radius 3 is 2.76 bits per heavy atom. The van der Waals surface area contributed by atoms with Gasteiger partial charge in [0.2, 0.25) is 0 Å². The Hall–Kier alpha value is -1.02. The highest BCUT2D eigenvalue weighted by Crippen LogP contribution is 2.35. The molecule has 92 valence electrons. The average Bonchev–Trinajstić information content (AvgIpc) is 3.09. The molecular formula is C14H18ClNO. The lowest BCUT2D eigenvalue weighted by molar-refractivity contribution is 0.0952. The Bertz CT molecular complexity index is 426. The zero-order valence-corrected chi connectivity index (χ0v) is 11.1. The maximum atomic E-state index is 12.0. The number of benzene rings is 1. The number of amides is 1. The lowest BCUT2D eigenvalue weighted by Crippen LogP contribution is -2.31. The van der Waals surface area contributed by atoms with E-state index in [1.165, 1.54) is 18.4 Å². The second-order valence-corrected chi connectivity index (χ2v) is 5.44. The van der Waals surface area contributed by atoms with Gasteiger partial charge in [0.25, 0.3) is 5.91 Å². The summed E-state index contributed by atoms with van der Waals surface area (Å²) in [5.74, 6) is 0.588. The minimum atomic E-state index is -0.0196. The molecule has 0 saturated heterocycles. The lowest BCUT2D eigenvalue weighted by atomic mass is 10.1. The second-order valence-electron chi connectivity index (χ2n) is 4.88. The first-order valence-electron chi connectivity index (χ1n) is 6.07. The molecule has 0 heterocycles. The fourth-order valence-corrected chi connectivity index (χ4v) is 2.31. The summed E-state index contributed by atoms with van der Waals surface area (Å²) in [7, 11) is 0. The Kier molecular flexibility index (Phi) is 3.72. The minimum Gasteiger partial charge on any atom is -0.351 e. The zero-order valence-electron chi connectivity index (χ0n) is 10.3. The van der Waals surface area contributed by atoms with Gasteiger partial charge in [-0.1, -0.05) is 17.7 Å². The first-order valence-corrected chi connectivity index (χ1v) is 6.51. The quantitative estimate of drug-likeness (QED) is 0.819. The van der Waals surface area contributed by atoms with Crippen molar-refractivity contribution in [2.75, 3.05) is 6.54 Å². The van der Waals surface area contributed by atoms with Crippen molar-refractivity contribution in [2.24, 2.45) is 5.92 Å². The van der Waals surface area contributed by atoms with Crippen LogP contribution in [0, 0.1) is 19.8 Å². The summed E-state index contributed by atoms with van der Waals surface area (Å²) in [6, 6.07) is 5.86. The van der Waals surface area contributed by atoms with E-state index < -0.39 is 0 Å². The van der Waals surface area contributed by atoms with Crippen LogP contribution in [0.3, 0.4) is 0 Å². The molecule has 1 unspecified atom stereocenters. The third kappa shape index (κ3) is 3.22. The van der Waals surface area contributed by atoms with Crippen molar-refractivity contribution >= 4 is 17.5 Å². The predicted molar refractivity (Wildman–Crippen MR) is 70.6 cm³/mol. The van der Waals surface area contributed by atoms with Crippen LogP contribution < -0.4 is 5.32 Å². The van der Waals surface area contributed by atoms with Crippen molar-refractivity contribution in [3.8, 4) is 0 Å². The summed E-state index contributed by atoms with van der Waals surface area (Å²) in [5.41, 5.74) is 2.93. The van der Waals surface area contributed by atoms with E-state index in [1.807, 2.05) is 32.0 Å². The van der Waals surface area contributed by atoms with Gasteiger partial charge in [-0.2, -0.15) is 0 Å². The molecule has 1 amide bonds. The van der Waals surface area contributed by atoms with Gasteiger partial charge in [-0.15, -0.1) is 11.6 Å². The van der Waals surface area contributed by atoms with Crippen molar-refractivity contribution in [1.82, 2.24) is 5.32 Å². The van der Waals surface area contributed by atoms with Gasteiger partial charge >= 0.3 is 0 Å². The third-order valence-corrected chi connectivity index (χ3v) is 3.73. The monoisotopic (exact) mass is 251 g/mol. The van der Waals surface area contributed by atoms with Crippen molar-refractivity contribution in [2.45, 2.75) is 32.1 Å². The normalized spacial score (nSPS) is 16.6. The number of alkyl halides is 1. The van der Waals surface area contributed by atoms with E-state index in [1.54, 1.807) is 0 Å². The van der Waals surface area contributed by atoms with Crippen LogP contribution >= 0.6 is 11.6 Å². The number of aryl methyl sites for hydroxylation is 2.